The van der Waals surface area contributed by atoms with Gasteiger partial charge < -0.3 is 4.57 Å². The Morgan fingerprint density at radius 1 is 0.800 bits per heavy atom. The molecule has 1 aromatic heterocycles. The average Bonchev–Trinajstić information content (AvgIpc) is 3.17. The SMILES string of the molecule is C=Pc1ccc2c(c1)c1ccccc1n2-c1cc(-c2ccc(F)c(F)c2)cc(CC)c1C(F)(F)F. The van der Waals surface area contributed by atoms with E-state index < -0.39 is 23.4 Å². The Hall–Kier alpha value is -3.50. The van der Waals surface area contributed by atoms with Crippen molar-refractivity contribution in [1.82, 2.24) is 4.57 Å². The Labute approximate surface area is 200 Å². The third kappa shape index (κ3) is 3.92. The van der Waals surface area contributed by atoms with Crippen LogP contribution in [0, 0.1) is 11.6 Å². The Balaban J connectivity index is 1.93. The minimum atomic E-state index is -4.63. The van der Waals surface area contributed by atoms with E-state index in [-0.39, 0.29) is 17.7 Å². The number of fused-ring (bicyclic) bond motifs is 3. The van der Waals surface area contributed by atoms with Gasteiger partial charge in [0, 0.05) is 16.1 Å². The molecule has 0 atom stereocenters. The number of rotatable bonds is 4. The zero-order valence-electron chi connectivity index (χ0n) is 18.6. The molecule has 0 aliphatic heterocycles. The molecule has 0 amide bonds. The van der Waals surface area contributed by atoms with Crippen molar-refractivity contribution in [2.45, 2.75) is 19.5 Å². The van der Waals surface area contributed by atoms with Crippen LogP contribution in [0.1, 0.15) is 18.1 Å². The molecule has 1 heterocycles. The quantitative estimate of drug-likeness (QED) is 0.175. The van der Waals surface area contributed by atoms with Crippen LogP contribution < -0.4 is 5.30 Å². The van der Waals surface area contributed by atoms with Crippen molar-refractivity contribution in [2.24, 2.45) is 0 Å². The normalized spacial score (nSPS) is 12.2. The molecule has 0 bridgehead atoms. The van der Waals surface area contributed by atoms with Crippen molar-refractivity contribution in [2.75, 3.05) is 0 Å². The molecule has 0 fully saturated rings. The molecule has 5 aromatic rings. The van der Waals surface area contributed by atoms with Crippen LogP contribution in [0.4, 0.5) is 22.0 Å². The Morgan fingerprint density at radius 3 is 2.23 bits per heavy atom. The van der Waals surface area contributed by atoms with Gasteiger partial charge in [0.1, 0.15) is 0 Å². The topological polar surface area (TPSA) is 4.93 Å². The summed E-state index contributed by atoms with van der Waals surface area (Å²) in [4.78, 5) is 0. The summed E-state index contributed by atoms with van der Waals surface area (Å²) in [5, 5.41) is 2.58. The molecule has 0 N–H and O–H groups in total. The highest BCUT2D eigenvalue weighted by atomic mass is 31.1. The van der Waals surface area contributed by atoms with Crippen LogP contribution in [0.25, 0.3) is 38.6 Å². The lowest BCUT2D eigenvalue weighted by molar-refractivity contribution is -0.138. The maximum absolute atomic E-state index is 14.5. The third-order valence-electron chi connectivity index (χ3n) is 6.20. The first-order valence-electron chi connectivity index (χ1n) is 10.9. The molecule has 7 heteroatoms. The van der Waals surface area contributed by atoms with Gasteiger partial charge in [-0.2, -0.15) is 13.2 Å². The van der Waals surface area contributed by atoms with E-state index in [9.17, 15) is 22.0 Å². The summed E-state index contributed by atoms with van der Waals surface area (Å²) in [6.45, 7) is 1.65. The van der Waals surface area contributed by atoms with Gasteiger partial charge in [-0.05, 0) is 65.6 Å². The number of aromatic nitrogens is 1. The summed E-state index contributed by atoms with van der Waals surface area (Å²) >= 11 is 0. The first-order chi connectivity index (χ1) is 16.7. The zero-order valence-corrected chi connectivity index (χ0v) is 19.5. The van der Waals surface area contributed by atoms with Crippen molar-refractivity contribution >= 4 is 41.6 Å². The van der Waals surface area contributed by atoms with E-state index in [2.05, 4.69) is 6.30 Å². The number of alkyl halides is 3. The zero-order chi connectivity index (χ0) is 24.9. The number of hydrogen-bond acceptors (Lipinski definition) is 0. The second kappa shape index (κ2) is 8.62. The first-order valence-corrected chi connectivity index (χ1v) is 12.0. The van der Waals surface area contributed by atoms with Crippen LogP contribution >= 0.6 is 8.20 Å². The number of aryl methyl sites for hydroxylation is 1. The van der Waals surface area contributed by atoms with Gasteiger partial charge in [0.2, 0.25) is 0 Å². The maximum Gasteiger partial charge on any atom is 0.418 e. The summed E-state index contributed by atoms with van der Waals surface area (Å²) in [5.41, 5.74) is 1.20. The van der Waals surface area contributed by atoms with E-state index in [1.807, 2.05) is 24.3 Å². The predicted octanol–water partition coefficient (Wildman–Crippen LogP) is 8.31. The lowest BCUT2D eigenvalue weighted by Gasteiger charge is -2.21. The molecule has 0 aliphatic rings. The fourth-order valence-electron chi connectivity index (χ4n) is 4.63. The molecule has 176 valence electrons. The average molecular weight is 495 g/mol. The monoisotopic (exact) mass is 495 g/mol. The minimum Gasteiger partial charge on any atom is -0.309 e. The van der Waals surface area contributed by atoms with E-state index in [1.54, 1.807) is 29.7 Å². The fraction of sp³-hybridized carbons (Fsp3) is 0.107. The fourth-order valence-corrected chi connectivity index (χ4v) is 5.03. The molecule has 4 aromatic carbocycles. The van der Waals surface area contributed by atoms with Crippen molar-refractivity contribution in [3.63, 3.8) is 0 Å². The molecule has 5 rings (SSSR count). The Bertz CT molecular complexity index is 1610. The highest BCUT2D eigenvalue weighted by Gasteiger charge is 2.37. The van der Waals surface area contributed by atoms with Gasteiger partial charge in [0.05, 0.1) is 22.3 Å². The van der Waals surface area contributed by atoms with Gasteiger partial charge >= 0.3 is 6.18 Å². The molecular formula is C28H19F5NP. The minimum absolute atomic E-state index is 0.0530. The van der Waals surface area contributed by atoms with Crippen LogP contribution in [-0.2, 0) is 12.6 Å². The number of hydrogen-bond donors (Lipinski definition) is 0. The van der Waals surface area contributed by atoms with Crippen LogP contribution in [0.15, 0.2) is 72.8 Å². The van der Waals surface area contributed by atoms with Gasteiger partial charge in [0.15, 0.2) is 11.6 Å². The Kier molecular flexibility index (Phi) is 5.72. The number of para-hydroxylation sites is 1. The molecule has 0 aliphatic carbocycles. The second-order valence-corrected chi connectivity index (χ2v) is 9.05. The smallest absolute Gasteiger partial charge is 0.309 e. The standard InChI is InChI=1S/C28H19F5NP/c1-3-16-12-18(17-8-10-22(29)23(30)13-17)14-26(27(16)28(31,32)33)34-24-7-5-4-6-20(24)21-15-19(35-2)9-11-25(21)34/h4-15H,2-3H2,1H3. The lowest BCUT2D eigenvalue weighted by atomic mass is 9.95. The van der Waals surface area contributed by atoms with Gasteiger partial charge in [-0.3, -0.25) is 0 Å². The summed E-state index contributed by atoms with van der Waals surface area (Å²) in [6, 6.07) is 19.1. The predicted molar refractivity (Wildman–Crippen MR) is 134 cm³/mol. The first kappa shape index (κ1) is 23.3. The van der Waals surface area contributed by atoms with E-state index >= 15 is 0 Å². The highest BCUT2D eigenvalue weighted by Crippen LogP contribution is 2.42. The van der Waals surface area contributed by atoms with Crippen molar-refractivity contribution in [3.05, 3.63) is 95.6 Å². The van der Waals surface area contributed by atoms with Crippen molar-refractivity contribution in [1.29, 1.82) is 0 Å². The molecule has 1 nitrogen and oxygen atoms in total. The molecule has 0 spiro atoms. The van der Waals surface area contributed by atoms with Gasteiger partial charge in [-0.25, -0.2) is 8.78 Å². The molecule has 0 unspecified atom stereocenters. The molecule has 0 radical (unpaired) electrons. The molecule has 35 heavy (non-hydrogen) atoms. The van der Waals surface area contributed by atoms with E-state index in [4.69, 9.17) is 0 Å². The summed E-state index contributed by atoms with van der Waals surface area (Å²) in [6.07, 6.45) is -0.621. The summed E-state index contributed by atoms with van der Waals surface area (Å²) in [5.74, 6) is -2.07. The lowest BCUT2D eigenvalue weighted by Crippen LogP contribution is -2.14. The van der Waals surface area contributed by atoms with E-state index in [1.165, 1.54) is 18.2 Å². The largest absolute Gasteiger partial charge is 0.418 e. The summed E-state index contributed by atoms with van der Waals surface area (Å²) in [7, 11) is 0.803. The van der Waals surface area contributed by atoms with Gasteiger partial charge in [-0.1, -0.05) is 51.8 Å². The van der Waals surface area contributed by atoms with Crippen LogP contribution in [-0.4, -0.2) is 10.9 Å². The second-order valence-electron chi connectivity index (χ2n) is 8.22. The van der Waals surface area contributed by atoms with Crippen LogP contribution in [0.2, 0.25) is 0 Å². The van der Waals surface area contributed by atoms with Crippen molar-refractivity contribution in [3.8, 4) is 16.8 Å². The van der Waals surface area contributed by atoms with E-state index in [0.717, 1.165) is 36.4 Å². The summed E-state index contributed by atoms with van der Waals surface area (Å²) < 4.78 is 72.8. The van der Waals surface area contributed by atoms with Gasteiger partial charge in [0.25, 0.3) is 0 Å². The van der Waals surface area contributed by atoms with Crippen LogP contribution in [0.3, 0.4) is 0 Å². The number of halogens is 5. The molecule has 0 saturated carbocycles. The molecule has 0 saturated heterocycles. The number of nitrogens with zero attached hydrogens (tertiary/aromatic N) is 1. The van der Waals surface area contributed by atoms with E-state index in [0.29, 0.717) is 22.2 Å². The Morgan fingerprint density at radius 2 is 1.54 bits per heavy atom. The third-order valence-corrected chi connectivity index (χ3v) is 6.84. The number of benzene rings is 4. The maximum atomic E-state index is 14.5. The van der Waals surface area contributed by atoms with Crippen LogP contribution in [0.5, 0.6) is 0 Å². The van der Waals surface area contributed by atoms with Crippen molar-refractivity contribution < 1.29 is 22.0 Å². The van der Waals surface area contributed by atoms with Gasteiger partial charge in [-0.15, -0.1) is 0 Å². The highest BCUT2D eigenvalue weighted by molar-refractivity contribution is 7.45. The molecular weight excluding hydrogens is 476 g/mol.